The average molecular weight is 346 g/mol. The topological polar surface area (TPSA) is 27.3 Å². The highest BCUT2D eigenvalue weighted by Crippen LogP contribution is 2.34. The molecule has 2 bridgehead atoms. The molecule has 2 heterocycles. The maximum absolute atomic E-state index is 5.55. The molecule has 2 fully saturated rings. The number of piperidine rings is 2. The third-order valence-electron chi connectivity index (χ3n) is 5.56. The molecule has 1 aromatic rings. The zero-order chi connectivity index (χ0) is 16.9. The van der Waals surface area contributed by atoms with E-state index in [4.69, 9.17) is 12.2 Å². The highest BCUT2D eigenvalue weighted by atomic mass is 32.1. The highest BCUT2D eigenvalue weighted by molar-refractivity contribution is 7.80. The molecule has 3 nitrogen and oxygen atoms in total. The number of benzene rings is 1. The molecule has 24 heavy (non-hydrogen) atoms. The lowest BCUT2D eigenvalue weighted by atomic mass is 9.81. The summed E-state index contributed by atoms with van der Waals surface area (Å²) in [6.07, 6.45) is 8.90. The van der Waals surface area contributed by atoms with Crippen LogP contribution in [0, 0.1) is 0 Å². The molecule has 1 aromatic carbocycles. The summed E-state index contributed by atoms with van der Waals surface area (Å²) in [6.45, 7) is 5.73. The second kappa shape index (κ2) is 8.30. The van der Waals surface area contributed by atoms with E-state index in [0.717, 1.165) is 29.3 Å². The van der Waals surface area contributed by atoms with Crippen LogP contribution in [0.5, 0.6) is 0 Å². The number of nitrogens with one attached hydrogen (secondary N) is 2. The lowest BCUT2D eigenvalue weighted by Gasteiger charge is -2.49. The molecule has 0 amide bonds. The molecule has 3 rings (SSSR count). The summed E-state index contributed by atoms with van der Waals surface area (Å²) in [5, 5.41) is 7.70. The van der Waals surface area contributed by atoms with Gasteiger partial charge in [0.15, 0.2) is 5.11 Å². The van der Waals surface area contributed by atoms with Gasteiger partial charge in [-0.3, -0.25) is 4.90 Å². The Labute approximate surface area is 152 Å². The molecule has 132 valence electrons. The van der Waals surface area contributed by atoms with Crippen molar-refractivity contribution in [3.63, 3.8) is 0 Å². The average Bonchev–Trinajstić information content (AvgIpc) is 2.56. The van der Waals surface area contributed by atoms with Crippen LogP contribution in [0.4, 0.5) is 5.69 Å². The smallest absolute Gasteiger partial charge is 0.170 e. The molecule has 0 saturated carbocycles. The van der Waals surface area contributed by atoms with Crippen LogP contribution in [0.15, 0.2) is 24.3 Å². The van der Waals surface area contributed by atoms with E-state index in [0.29, 0.717) is 6.04 Å². The van der Waals surface area contributed by atoms with Gasteiger partial charge in [0, 0.05) is 23.8 Å². The fourth-order valence-corrected chi connectivity index (χ4v) is 4.68. The van der Waals surface area contributed by atoms with Gasteiger partial charge < -0.3 is 10.6 Å². The summed E-state index contributed by atoms with van der Waals surface area (Å²) in [5.74, 6) is 0. The molecule has 2 aliphatic rings. The minimum Gasteiger partial charge on any atom is -0.360 e. The number of fused-ring (bicyclic) bond motifs is 2. The first-order valence-electron chi connectivity index (χ1n) is 9.61. The molecule has 0 radical (unpaired) electrons. The van der Waals surface area contributed by atoms with Crippen LogP contribution in [0.1, 0.15) is 57.9 Å². The first kappa shape index (κ1) is 17.7. The Morgan fingerprint density at radius 1 is 1.12 bits per heavy atom. The normalized spacial score (nSPS) is 26.8. The zero-order valence-corrected chi connectivity index (χ0v) is 15.9. The predicted octanol–water partition coefficient (Wildman–Crippen LogP) is 4.33. The minimum absolute atomic E-state index is 0.517. The zero-order valence-electron chi connectivity index (χ0n) is 15.1. The molecular formula is C20H31N3S. The van der Waals surface area contributed by atoms with Crippen LogP contribution >= 0.6 is 12.2 Å². The Bertz CT molecular complexity index is 528. The van der Waals surface area contributed by atoms with Gasteiger partial charge in [0.05, 0.1) is 0 Å². The van der Waals surface area contributed by atoms with Gasteiger partial charge in [0.25, 0.3) is 0 Å². The summed E-state index contributed by atoms with van der Waals surface area (Å²) in [4.78, 5) is 2.77. The third-order valence-corrected chi connectivity index (χ3v) is 5.78. The SMILES string of the molecule is CCCN1[C@@H]2CCC[C@@H]1CC(NC(=S)Nc1ccc(CC)cc1)C2. The first-order chi connectivity index (χ1) is 11.7. The maximum atomic E-state index is 5.55. The fourth-order valence-electron chi connectivity index (χ4n) is 4.40. The summed E-state index contributed by atoms with van der Waals surface area (Å²) in [7, 11) is 0. The van der Waals surface area contributed by atoms with E-state index in [9.17, 15) is 0 Å². The monoisotopic (exact) mass is 345 g/mol. The van der Waals surface area contributed by atoms with Crippen molar-refractivity contribution in [2.45, 2.75) is 76.9 Å². The fraction of sp³-hybridized carbons (Fsp3) is 0.650. The summed E-state index contributed by atoms with van der Waals surface area (Å²) in [5.41, 5.74) is 2.43. The Morgan fingerprint density at radius 3 is 2.38 bits per heavy atom. The van der Waals surface area contributed by atoms with E-state index < -0.39 is 0 Å². The number of hydrogen-bond acceptors (Lipinski definition) is 2. The molecular weight excluding hydrogens is 314 g/mol. The highest BCUT2D eigenvalue weighted by Gasteiger charge is 2.37. The van der Waals surface area contributed by atoms with Crippen LogP contribution < -0.4 is 10.6 Å². The summed E-state index contributed by atoms with van der Waals surface area (Å²) >= 11 is 5.55. The second-order valence-corrected chi connectivity index (χ2v) is 7.70. The van der Waals surface area contributed by atoms with Crippen molar-refractivity contribution in [3.05, 3.63) is 29.8 Å². The van der Waals surface area contributed by atoms with Crippen molar-refractivity contribution in [2.24, 2.45) is 0 Å². The van der Waals surface area contributed by atoms with Gasteiger partial charge in [0.1, 0.15) is 0 Å². The van der Waals surface area contributed by atoms with Crippen LogP contribution in [0.3, 0.4) is 0 Å². The molecule has 4 heteroatoms. The third kappa shape index (κ3) is 4.28. The van der Waals surface area contributed by atoms with Gasteiger partial charge in [-0.05, 0) is 75.0 Å². The predicted molar refractivity (Wildman–Crippen MR) is 107 cm³/mol. The second-order valence-electron chi connectivity index (χ2n) is 7.29. The molecule has 2 saturated heterocycles. The Kier molecular flexibility index (Phi) is 6.12. The van der Waals surface area contributed by atoms with E-state index in [1.165, 1.54) is 50.6 Å². The van der Waals surface area contributed by atoms with Gasteiger partial charge in [-0.25, -0.2) is 0 Å². The molecule has 2 aliphatic heterocycles. The van der Waals surface area contributed by atoms with Crippen molar-refractivity contribution in [1.29, 1.82) is 0 Å². The van der Waals surface area contributed by atoms with Crippen LogP contribution in [0.2, 0.25) is 0 Å². The number of anilines is 1. The van der Waals surface area contributed by atoms with E-state index in [1.54, 1.807) is 0 Å². The Morgan fingerprint density at radius 2 is 1.79 bits per heavy atom. The van der Waals surface area contributed by atoms with E-state index in [1.807, 2.05) is 0 Å². The van der Waals surface area contributed by atoms with E-state index in [-0.39, 0.29) is 0 Å². The van der Waals surface area contributed by atoms with Crippen molar-refractivity contribution in [1.82, 2.24) is 10.2 Å². The minimum atomic E-state index is 0.517. The van der Waals surface area contributed by atoms with Gasteiger partial charge >= 0.3 is 0 Å². The lowest BCUT2D eigenvalue weighted by molar-refractivity contribution is 0.0284. The molecule has 0 aliphatic carbocycles. The lowest BCUT2D eigenvalue weighted by Crippen LogP contribution is -2.57. The van der Waals surface area contributed by atoms with Crippen LogP contribution in [0.25, 0.3) is 0 Å². The Hall–Kier alpha value is -1.13. The van der Waals surface area contributed by atoms with Crippen LogP contribution in [-0.4, -0.2) is 34.7 Å². The number of aryl methyl sites for hydroxylation is 1. The molecule has 2 N–H and O–H groups in total. The number of rotatable bonds is 5. The van der Waals surface area contributed by atoms with Gasteiger partial charge in [-0.1, -0.05) is 32.4 Å². The van der Waals surface area contributed by atoms with Gasteiger partial charge in [-0.2, -0.15) is 0 Å². The van der Waals surface area contributed by atoms with E-state index in [2.05, 4.69) is 53.6 Å². The summed E-state index contributed by atoms with van der Waals surface area (Å²) < 4.78 is 0. The van der Waals surface area contributed by atoms with Gasteiger partial charge in [-0.15, -0.1) is 0 Å². The van der Waals surface area contributed by atoms with Gasteiger partial charge in [0.2, 0.25) is 0 Å². The number of hydrogen-bond donors (Lipinski definition) is 2. The standard InChI is InChI=1S/C20H31N3S/c1-3-12-23-18-6-5-7-19(23)14-17(13-18)22-20(24)21-16-10-8-15(4-2)9-11-16/h8-11,17-19H,3-7,12-14H2,1-2H3,(H2,21,22,24)/t18-,19-/m1/s1. The van der Waals surface area contributed by atoms with Crippen molar-refractivity contribution in [3.8, 4) is 0 Å². The molecule has 0 aromatic heterocycles. The maximum Gasteiger partial charge on any atom is 0.170 e. The molecule has 0 unspecified atom stereocenters. The van der Waals surface area contributed by atoms with Crippen molar-refractivity contribution < 1.29 is 0 Å². The molecule has 2 atom stereocenters. The van der Waals surface area contributed by atoms with Crippen LogP contribution in [-0.2, 0) is 6.42 Å². The number of nitrogens with zero attached hydrogens (tertiary/aromatic N) is 1. The first-order valence-corrected chi connectivity index (χ1v) is 10.0. The molecule has 0 spiro atoms. The van der Waals surface area contributed by atoms with Crippen molar-refractivity contribution in [2.75, 3.05) is 11.9 Å². The van der Waals surface area contributed by atoms with E-state index >= 15 is 0 Å². The number of thiocarbonyl (C=S) groups is 1. The quantitative estimate of drug-likeness (QED) is 0.777. The van der Waals surface area contributed by atoms with Crippen molar-refractivity contribution >= 4 is 23.0 Å². The Balaban J connectivity index is 1.53. The summed E-state index contributed by atoms with van der Waals surface area (Å²) in [6, 6.07) is 10.6. The largest absolute Gasteiger partial charge is 0.360 e.